The molecule has 23 heteroatoms. The van der Waals surface area contributed by atoms with Crippen molar-refractivity contribution in [1.82, 2.24) is 9.97 Å². The molecule has 0 aromatic carbocycles. The van der Waals surface area contributed by atoms with Gasteiger partial charge < -0.3 is 86.6 Å². The molecule has 0 aliphatic carbocycles. The van der Waals surface area contributed by atoms with Crippen LogP contribution in [0.2, 0.25) is 0 Å². The summed E-state index contributed by atoms with van der Waals surface area (Å²) in [4.78, 5) is 40.4. The number of halogens is 1. The summed E-state index contributed by atoms with van der Waals surface area (Å²) >= 11 is 0. The molecular formula is C51H77FN4O18. The van der Waals surface area contributed by atoms with Crippen molar-refractivity contribution in [2.24, 2.45) is 23.5 Å². The molecule has 0 spiro atoms. The van der Waals surface area contributed by atoms with E-state index in [1.165, 1.54) is 13.0 Å². The summed E-state index contributed by atoms with van der Waals surface area (Å²) < 4.78 is 35.3. The Morgan fingerprint density at radius 1 is 0.730 bits per heavy atom. The highest BCUT2D eigenvalue weighted by Crippen LogP contribution is 2.38. The van der Waals surface area contributed by atoms with Crippen LogP contribution in [-0.2, 0) is 28.5 Å². The van der Waals surface area contributed by atoms with Crippen molar-refractivity contribution in [3.8, 4) is 0 Å². The number of aliphatic carboxylic acids is 1. The number of aromatic nitrogens is 2. The van der Waals surface area contributed by atoms with Crippen LogP contribution in [-0.4, -0.2) is 176 Å². The first kappa shape index (κ1) is 63.5. The number of carbonyl (C=O) groups is 2. The maximum absolute atomic E-state index is 12.6. The van der Waals surface area contributed by atoms with E-state index in [0.717, 1.165) is 6.20 Å². The summed E-state index contributed by atoms with van der Waals surface area (Å²) in [6, 6.07) is -1.15. The summed E-state index contributed by atoms with van der Waals surface area (Å²) in [6.45, 7) is 6.74. The normalized spacial score (nSPS) is 41.1. The number of esters is 1. The smallest absolute Gasteiger partial charge is 0.346 e. The number of carboxylic acids is 1. The quantitative estimate of drug-likeness (QED) is 0.180. The Bertz CT molecular complexity index is 2160. The number of carboxylic acid groups (broad SMARTS) is 1. The number of aromatic amines is 1. The molecular weight excluding hydrogens is 976 g/mol. The Kier molecular flexibility index (Phi) is 26.8. The Labute approximate surface area is 429 Å². The van der Waals surface area contributed by atoms with Gasteiger partial charge in [-0.3, -0.25) is 14.6 Å². The van der Waals surface area contributed by atoms with Crippen molar-refractivity contribution in [1.29, 1.82) is 0 Å². The monoisotopic (exact) mass is 1050 g/mol. The van der Waals surface area contributed by atoms with E-state index >= 15 is 0 Å². The largest absolute Gasteiger partial charge is 0.481 e. The van der Waals surface area contributed by atoms with Crippen LogP contribution in [0.25, 0.3) is 0 Å². The molecule has 416 valence electrons. The number of fused-ring (bicyclic) bond motifs is 2. The molecule has 2 fully saturated rings. The van der Waals surface area contributed by atoms with Crippen molar-refractivity contribution in [3.05, 3.63) is 108 Å². The summed E-state index contributed by atoms with van der Waals surface area (Å²) in [7, 11) is 0. The van der Waals surface area contributed by atoms with Crippen molar-refractivity contribution in [2.75, 3.05) is 5.73 Å². The molecule has 22 nitrogen and oxygen atoms in total. The van der Waals surface area contributed by atoms with Crippen LogP contribution >= 0.6 is 0 Å². The number of aliphatic hydroxyl groups is 10. The first-order valence-corrected chi connectivity index (χ1v) is 24.5. The van der Waals surface area contributed by atoms with Crippen LogP contribution < -0.4 is 17.2 Å². The van der Waals surface area contributed by atoms with Crippen molar-refractivity contribution < 1.29 is 89.1 Å². The molecule has 1 aromatic rings. The highest BCUT2D eigenvalue weighted by atomic mass is 19.1. The molecule has 2 saturated heterocycles. The summed E-state index contributed by atoms with van der Waals surface area (Å²) in [5, 5.41) is 118. The molecule has 1 aromatic heterocycles. The fourth-order valence-electron chi connectivity index (χ4n) is 8.35. The maximum Gasteiger partial charge on any atom is 0.346 e. The van der Waals surface area contributed by atoms with Gasteiger partial charge in [0, 0.05) is 31.1 Å². The molecule has 2 bridgehead atoms. The van der Waals surface area contributed by atoms with Gasteiger partial charge in [-0.25, -0.2) is 9.18 Å². The van der Waals surface area contributed by atoms with Crippen molar-refractivity contribution >= 4 is 17.8 Å². The fraction of sp³-hybridized carbons (Fsp3) is 0.608. The van der Waals surface area contributed by atoms with Gasteiger partial charge in [0.2, 0.25) is 0 Å². The lowest BCUT2D eigenvalue weighted by atomic mass is 9.82. The van der Waals surface area contributed by atoms with E-state index in [4.69, 9.17) is 30.4 Å². The number of nitrogens with one attached hydrogen (secondary N) is 1. The third-order valence-corrected chi connectivity index (χ3v) is 12.8. The minimum absolute atomic E-state index is 0.140. The zero-order valence-electron chi connectivity index (χ0n) is 42.0. The van der Waals surface area contributed by atoms with E-state index in [2.05, 4.69) is 4.98 Å². The van der Waals surface area contributed by atoms with Gasteiger partial charge >= 0.3 is 17.6 Å². The number of cyclic esters (lactones) is 1. The third kappa shape index (κ3) is 21.4. The van der Waals surface area contributed by atoms with Gasteiger partial charge in [-0.15, -0.1) is 0 Å². The number of nitrogen functional groups attached to an aromatic ring is 1. The van der Waals surface area contributed by atoms with Crippen LogP contribution in [0.5, 0.6) is 0 Å². The number of H-pyrrole nitrogens is 1. The number of allylic oxidation sites excluding steroid dienone is 12. The summed E-state index contributed by atoms with van der Waals surface area (Å²) in [5.41, 5.74) is 10.3. The Hall–Kier alpha value is -4.83. The molecule has 16 N–H and O–H groups in total. The van der Waals surface area contributed by atoms with E-state index in [9.17, 15) is 74.9 Å². The lowest BCUT2D eigenvalue weighted by molar-refractivity contribution is -0.310. The number of ether oxygens (including phenoxy) is 4. The van der Waals surface area contributed by atoms with Crippen LogP contribution in [0.3, 0.4) is 0 Å². The second-order valence-electron chi connectivity index (χ2n) is 19.0. The number of nitrogens with two attached hydrogens (primary N) is 2. The zero-order chi connectivity index (χ0) is 55.3. The maximum atomic E-state index is 12.6. The van der Waals surface area contributed by atoms with Crippen molar-refractivity contribution in [3.63, 3.8) is 0 Å². The van der Waals surface area contributed by atoms with E-state index in [1.54, 1.807) is 86.8 Å². The number of nitrogens with zero attached hydrogens (tertiary/aromatic N) is 1. The number of hydrogen-bond acceptors (Lipinski definition) is 20. The SMILES string of the molecule is CC1OC(O[C@H]2/C=C/C=C/C=C/C=C/C=C/C=C/C=C/[C@H](C)[C@@H](O)[C@@H](C)[C@H](C)OC(=O)CC(O)CC(O)CC(O)CCC(O)C(O)C[C@]3(O)CC(O)C(C(=O)O)C(C2)O3)C(O)C(N)C1O.Nc1[nH]c(=O)ncc1F. The molecule has 0 amide bonds. The molecule has 19 atom stereocenters. The number of carbonyl (C=O) groups excluding carboxylic acids is 1. The Balaban J connectivity index is 0.00000144. The lowest BCUT2D eigenvalue weighted by Crippen LogP contribution is -2.61. The highest BCUT2D eigenvalue weighted by molar-refractivity contribution is 5.71. The standard InChI is InChI=1S/C47H73NO17.C4H4FN3O/c1-27-17-15-13-11-9-7-5-6-8-10-12-14-16-18-34(64-46-44(58)41(48)43(57)30(4)63-46)24-38-40(45(59)60)37(54)26-47(61,65-38)25-36(53)35(52)20-19-31(49)21-32(50)22-33(51)23-39(55)62-29(3)28(2)42(27)56;5-2-1-7-4(9)8-3(2)6/h5-18,27-38,40-44,46,49-54,56-58,61H,19-26,48H2,1-4H3,(H,59,60);1H,(H3,6,7,8,9)/b6-5+,9-7+,10-8+,13-11+,14-12+,17-15+,18-16+;/t27-,28-,29-,30?,31?,32?,33?,34-,35?,36?,37?,38?,40?,41?,42+,43?,44?,46?,47+;/m0./s1. The zero-order valence-corrected chi connectivity index (χ0v) is 42.0. The molecule has 13 unspecified atom stereocenters. The van der Waals surface area contributed by atoms with Crippen LogP contribution in [0.1, 0.15) is 79.1 Å². The molecule has 3 aliphatic heterocycles. The van der Waals surface area contributed by atoms with Gasteiger partial charge in [0.15, 0.2) is 17.9 Å². The first-order valence-electron chi connectivity index (χ1n) is 24.5. The van der Waals surface area contributed by atoms with Gasteiger partial charge in [0.25, 0.3) is 0 Å². The molecule has 4 rings (SSSR count). The Morgan fingerprint density at radius 3 is 1.85 bits per heavy atom. The van der Waals surface area contributed by atoms with Gasteiger partial charge in [-0.2, -0.15) is 4.98 Å². The predicted molar refractivity (Wildman–Crippen MR) is 266 cm³/mol. The topological polar surface area (TPSA) is 391 Å². The highest BCUT2D eigenvalue weighted by Gasteiger charge is 2.51. The molecule has 0 radical (unpaired) electrons. The second kappa shape index (κ2) is 31.3. The van der Waals surface area contributed by atoms with Gasteiger partial charge in [-0.05, 0) is 39.5 Å². The summed E-state index contributed by atoms with van der Waals surface area (Å²) in [6.07, 6.45) is 4.26. The van der Waals surface area contributed by atoms with E-state index in [1.807, 2.05) is 18.0 Å². The third-order valence-electron chi connectivity index (χ3n) is 12.8. The average Bonchev–Trinajstić information content (AvgIpc) is 3.31. The van der Waals surface area contributed by atoms with E-state index in [0.29, 0.717) is 0 Å². The number of anilines is 1. The molecule has 3 aliphatic rings. The van der Waals surface area contributed by atoms with E-state index < -0.39 is 152 Å². The number of hydrogen-bond donors (Lipinski definition) is 14. The number of aliphatic hydroxyl groups excluding tert-OH is 9. The van der Waals surface area contributed by atoms with Crippen LogP contribution in [0.4, 0.5) is 10.2 Å². The van der Waals surface area contributed by atoms with Gasteiger partial charge in [0.05, 0.1) is 85.8 Å². The van der Waals surface area contributed by atoms with E-state index in [-0.39, 0.29) is 43.8 Å². The number of rotatable bonds is 3. The van der Waals surface area contributed by atoms with Crippen LogP contribution in [0.15, 0.2) is 96.1 Å². The minimum atomic E-state index is -2.36. The first-order chi connectivity index (χ1) is 34.8. The van der Waals surface area contributed by atoms with Crippen molar-refractivity contribution in [2.45, 2.75) is 177 Å². The summed E-state index contributed by atoms with van der Waals surface area (Å²) in [5.74, 6) is -7.88. The van der Waals surface area contributed by atoms with Crippen LogP contribution in [0, 0.1) is 23.6 Å². The molecule has 74 heavy (non-hydrogen) atoms. The molecule has 4 heterocycles. The lowest BCUT2D eigenvalue weighted by Gasteiger charge is -2.45. The second-order valence-corrected chi connectivity index (χ2v) is 19.0. The van der Waals surface area contributed by atoms with Gasteiger partial charge in [-0.1, -0.05) is 98.9 Å². The molecule has 0 saturated carbocycles. The minimum Gasteiger partial charge on any atom is -0.481 e. The van der Waals surface area contributed by atoms with Gasteiger partial charge in [0.1, 0.15) is 23.9 Å². The average molecular weight is 1050 g/mol. The Morgan fingerprint density at radius 2 is 1.28 bits per heavy atom. The fourth-order valence-corrected chi connectivity index (χ4v) is 8.35. The predicted octanol–water partition coefficient (Wildman–Crippen LogP) is 0.203.